The van der Waals surface area contributed by atoms with E-state index in [9.17, 15) is 4.79 Å². The number of hydrogen-bond acceptors (Lipinski definition) is 1. The Bertz CT molecular complexity index is 155. The van der Waals surface area contributed by atoms with Crippen molar-refractivity contribution in [3.05, 3.63) is 0 Å². The topological polar surface area (TPSA) is 37.3 Å². The highest BCUT2D eigenvalue weighted by Crippen LogP contribution is 2.04. The molecule has 0 unspecified atom stereocenters. The summed E-state index contributed by atoms with van der Waals surface area (Å²) < 4.78 is 0.946. The number of hydrogen-bond donors (Lipinski definition) is 1. The van der Waals surface area contributed by atoms with Crippen molar-refractivity contribution in [3.63, 3.8) is 0 Å². The predicted molar refractivity (Wildman–Crippen MR) is 53.6 cm³/mol. The van der Waals surface area contributed by atoms with Crippen LogP contribution in [0, 0.1) is 0 Å². The van der Waals surface area contributed by atoms with Crippen LogP contribution in [-0.2, 0) is 4.79 Å². The molecule has 0 aliphatic carbocycles. The molecule has 0 rings (SSSR count). The van der Waals surface area contributed by atoms with Crippen molar-refractivity contribution in [2.75, 3.05) is 27.2 Å². The number of unbranched alkanes of at least 4 members (excludes halogenated alkanes) is 1. The van der Waals surface area contributed by atoms with Gasteiger partial charge in [-0.25, -0.2) is 0 Å². The Morgan fingerprint density at radius 2 is 1.77 bits per heavy atom. The largest absolute Gasteiger partial charge is 0.481 e. The van der Waals surface area contributed by atoms with E-state index in [4.69, 9.17) is 5.11 Å². The van der Waals surface area contributed by atoms with Crippen molar-refractivity contribution in [2.45, 2.75) is 32.6 Å². The van der Waals surface area contributed by atoms with Gasteiger partial charge in [0.15, 0.2) is 0 Å². The molecule has 0 bridgehead atoms. The zero-order valence-corrected chi connectivity index (χ0v) is 9.05. The van der Waals surface area contributed by atoms with Gasteiger partial charge in [0.2, 0.25) is 0 Å². The van der Waals surface area contributed by atoms with Gasteiger partial charge in [-0.3, -0.25) is 4.79 Å². The van der Waals surface area contributed by atoms with Crippen LogP contribution in [0.2, 0.25) is 0 Å². The summed E-state index contributed by atoms with van der Waals surface area (Å²) in [7, 11) is 4.33. The van der Waals surface area contributed by atoms with E-state index in [1.54, 1.807) is 0 Å². The third-order valence-corrected chi connectivity index (χ3v) is 2.27. The number of nitrogens with zero attached hydrogens (tertiary/aromatic N) is 1. The van der Waals surface area contributed by atoms with E-state index in [1.165, 1.54) is 12.8 Å². The van der Waals surface area contributed by atoms with Gasteiger partial charge < -0.3 is 9.59 Å². The zero-order valence-electron chi connectivity index (χ0n) is 9.05. The Kier molecular flexibility index (Phi) is 5.71. The van der Waals surface area contributed by atoms with E-state index < -0.39 is 5.97 Å². The molecule has 78 valence electrons. The van der Waals surface area contributed by atoms with E-state index in [0.29, 0.717) is 6.42 Å². The van der Waals surface area contributed by atoms with Crippen molar-refractivity contribution in [3.8, 4) is 0 Å². The summed E-state index contributed by atoms with van der Waals surface area (Å²) in [5.41, 5.74) is 0. The maximum absolute atomic E-state index is 10.3. The molecule has 0 spiro atoms. The molecule has 0 aliphatic heterocycles. The lowest BCUT2D eigenvalue weighted by Gasteiger charge is -2.29. The number of quaternary nitrogens is 1. The highest BCUT2D eigenvalue weighted by molar-refractivity contribution is 5.66. The molecule has 0 heterocycles. The molecule has 1 N–H and O–H groups in total. The molecule has 0 aliphatic rings. The van der Waals surface area contributed by atoms with Crippen LogP contribution < -0.4 is 0 Å². The second kappa shape index (κ2) is 5.97. The minimum Gasteiger partial charge on any atom is -0.481 e. The number of rotatable bonds is 7. The molecule has 0 fully saturated rings. The first-order valence-electron chi connectivity index (χ1n) is 5.02. The third-order valence-electron chi connectivity index (χ3n) is 2.27. The first kappa shape index (κ1) is 12.4. The van der Waals surface area contributed by atoms with Crippen LogP contribution in [0.1, 0.15) is 32.6 Å². The molecule has 3 heteroatoms. The smallest absolute Gasteiger partial charge is 0.303 e. The van der Waals surface area contributed by atoms with Crippen molar-refractivity contribution in [1.29, 1.82) is 0 Å². The standard InChI is InChI=1S/C10H21NO2/c1-4-5-8-11(2,3)9-6-7-10(12)13/h4-9H2,1-3H3/p+1. The van der Waals surface area contributed by atoms with Crippen LogP contribution in [0.5, 0.6) is 0 Å². The van der Waals surface area contributed by atoms with Crippen LogP contribution in [-0.4, -0.2) is 42.7 Å². The SMILES string of the molecule is CCCC[N+](C)(C)CCCC(=O)O. The fourth-order valence-electron chi connectivity index (χ4n) is 1.36. The summed E-state index contributed by atoms with van der Waals surface area (Å²) in [6.45, 7) is 4.29. The Morgan fingerprint density at radius 1 is 1.23 bits per heavy atom. The lowest BCUT2D eigenvalue weighted by Crippen LogP contribution is -2.41. The van der Waals surface area contributed by atoms with Crippen LogP contribution in [0.15, 0.2) is 0 Å². The zero-order chi connectivity index (χ0) is 10.3. The molecule has 13 heavy (non-hydrogen) atoms. The maximum atomic E-state index is 10.3. The van der Waals surface area contributed by atoms with Crippen molar-refractivity contribution < 1.29 is 14.4 Å². The monoisotopic (exact) mass is 188 g/mol. The minimum atomic E-state index is -0.685. The first-order chi connectivity index (χ1) is 5.98. The quantitative estimate of drug-likeness (QED) is 0.618. The minimum absolute atomic E-state index is 0.299. The summed E-state index contributed by atoms with van der Waals surface area (Å²) in [6.07, 6.45) is 3.51. The Hall–Kier alpha value is -0.570. The van der Waals surface area contributed by atoms with Gasteiger partial charge in [0.1, 0.15) is 0 Å². The highest BCUT2D eigenvalue weighted by Gasteiger charge is 2.13. The van der Waals surface area contributed by atoms with Gasteiger partial charge in [-0.1, -0.05) is 13.3 Å². The van der Waals surface area contributed by atoms with Crippen molar-refractivity contribution in [2.24, 2.45) is 0 Å². The molecule has 0 radical (unpaired) electrons. The third kappa shape index (κ3) is 7.78. The van der Waals surface area contributed by atoms with Crippen molar-refractivity contribution in [1.82, 2.24) is 0 Å². The van der Waals surface area contributed by atoms with Gasteiger partial charge in [-0.15, -0.1) is 0 Å². The van der Waals surface area contributed by atoms with E-state index in [2.05, 4.69) is 21.0 Å². The molecule has 0 aromatic rings. The van der Waals surface area contributed by atoms with Gasteiger partial charge >= 0.3 is 5.97 Å². The molecule has 3 nitrogen and oxygen atoms in total. The summed E-state index contributed by atoms with van der Waals surface area (Å²) in [5, 5.41) is 8.48. The fourth-order valence-corrected chi connectivity index (χ4v) is 1.36. The van der Waals surface area contributed by atoms with Crippen LogP contribution >= 0.6 is 0 Å². The van der Waals surface area contributed by atoms with Gasteiger partial charge in [0.25, 0.3) is 0 Å². The Balaban J connectivity index is 3.56. The van der Waals surface area contributed by atoms with E-state index in [0.717, 1.165) is 24.0 Å². The van der Waals surface area contributed by atoms with E-state index in [1.807, 2.05) is 0 Å². The maximum Gasteiger partial charge on any atom is 0.303 e. The fraction of sp³-hybridized carbons (Fsp3) is 0.900. The molecule has 0 amide bonds. The number of carboxylic acids is 1. The summed E-state index contributed by atoms with van der Waals surface area (Å²) in [6, 6.07) is 0. The van der Waals surface area contributed by atoms with E-state index in [-0.39, 0.29) is 0 Å². The molecule has 0 aromatic carbocycles. The van der Waals surface area contributed by atoms with Gasteiger partial charge in [0, 0.05) is 6.42 Å². The molecule has 0 aromatic heterocycles. The Labute approximate surface area is 80.9 Å². The first-order valence-corrected chi connectivity index (χ1v) is 5.02. The highest BCUT2D eigenvalue weighted by atomic mass is 16.4. The van der Waals surface area contributed by atoms with Gasteiger partial charge in [-0.2, -0.15) is 0 Å². The number of carbonyl (C=O) groups is 1. The van der Waals surface area contributed by atoms with Gasteiger partial charge in [0.05, 0.1) is 33.6 Å². The predicted octanol–water partition coefficient (Wildman–Crippen LogP) is 1.73. The number of aliphatic carboxylic acids is 1. The van der Waals surface area contributed by atoms with Crippen LogP contribution in [0.25, 0.3) is 0 Å². The van der Waals surface area contributed by atoms with E-state index >= 15 is 0 Å². The second-order valence-electron chi connectivity index (χ2n) is 4.23. The lowest BCUT2D eigenvalue weighted by atomic mass is 10.2. The average Bonchev–Trinajstić information content (AvgIpc) is 2.00. The molecule has 0 saturated carbocycles. The molecular weight excluding hydrogens is 166 g/mol. The second-order valence-corrected chi connectivity index (χ2v) is 4.23. The lowest BCUT2D eigenvalue weighted by molar-refractivity contribution is -0.890. The van der Waals surface area contributed by atoms with Crippen LogP contribution in [0.4, 0.5) is 0 Å². The summed E-state index contributed by atoms with van der Waals surface area (Å²) in [4.78, 5) is 10.3. The number of carboxylic acid groups (broad SMARTS) is 1. The van der Waals surface area contributed by atoms with Crippen LogP contribution in [0.3, 0.4) is 0 Å². The van der Waals surface area contributed by atoms with Gasteiger partial charge in [-0.05, 0) is 6.42 Å². The Morgan fingerprint density at radius 3 is 2.23 bits per heavy atom. The average molecular weight is 188 g/mol. The van der Waals surface area contributed by atoms with Crippen molar-refractivity contribution >= 4 is 5.97 Å². The molecule has 0 atom stereocenters. The normalized spacial score (nSPS) is 11.6. The summed E-state index contributed by atoms with van der Waals surface area (Å²) >= 11 is 0. The summed E-state index contributed by atoms with van der Waals surface area (Å²) in [5.74, 6) is -0.685. The molecule has 0 saturated heterocycles. The molecular formula is C10H22NO2+.